The summed E-state index contributed by atoms with van der Waals surface area (Å²) in [6, 6.07) is 3.22. The number of carboxylic acid groups (broad SMARTS) is 1. The van der Waals surface area contributed by atoms with Gasteiger partial charge in [-0.05, 0) is 32.9 Å². The first-order valence-electron chi connectivity index (χ1n) is 6.54. The van der Waals surface area contributed by atoms with Crippen LogP contribution in [0.1, 0.15) is 52.3 Å². The van der Waals surface area contributed by atoms with E-state index in [1.807, 2.05) is 13.8 Å². The number of aromatic carboxylic acids is 1. The number of rotatable bonds is 5. The summed E-state index contributed by atoms with van der Waals surface area (Å²) < 4.78 is 6.97. The van der Waals surface area contributed by atoms with E-state index in [0.717, 1.165) is 0 Å². The van der Waals surface area contributed by atoms with Gasteiger partial charge in [0.05, 0.1) is 6.54 Å². The first-order valence-corrected chi connectivity index (χ1v) is 6.54. The van der Waals surface area contributed by atoms with Crippen molar-refractivity contribution in [1.82, 2.24) is 15.1 Å². The molecule has 112 valence electrons. The zero-order valence-corrected chi connectivity index (χ0v) is 12.1. The number of carbonyl (C=O) groups is 2. The quantitative estimate of drug-likeness (QED) is 0.878. The molecule has 2 aromatic rings. The van der Waals surface area contributed by atoms with Gasteiger partial charge >= 0.3 is 5.97 Å². The first kappa shape index (κ1) is 14.8. The lowest BCUT2D eigenvalue weighted by atomic mass is 10.2. The fourth-order valence-electron chi connectivity index (χ4n) is 1.85. The second-order valence-electron chi connectivity index (χ2n) is 4.95. The van der Waals surface area contributed by atoms with Crippen molar-refractivity contribution in [2.24, 2.45) is 0 Å². The molecule has 21 heavy (non-hydrogen) atoms. The minimum atomic E-state index is -1.05. The highest BCUT2D eigenvalue weighted by atomic mass is 16.4. The van der Waals surface area contributed by atoms with Crippen molar-refractivity contribution in [3.8, 4) is 0 Å². The lowest BCUT2D eigenvalue weighted by molar-refractivity contribution is 0.0694. The Morgan fingerprint density at radius 2 is 2.19 bits per heavy atom. The van der Waals surface area contributed by atoms with Gasteiger partial charge in [0.15, 0.2) is 0 Å². The molecule has 0 saturated heterocycles. The zero-order chi connectivity index (χ0) is 15.6. The van der Waals surface area contributed by atoms with E-state index in [-0.39, 0.29) is 24.1 Å². The second-order valence-corrected chi connectivity index (χ2v) is 4.95. The number of carbonyl (C=O) groups excluding carboxylic acids is 1. The summed E-state index contributed by atoms with van der Waals surface area (Å²) in [5, 5.41) is 15.7. The Kier molecular flexibility index (Phi) is 4.11. The number of aromatic nitrogens is 2. The van der Waals surface area contributed by atoms with Gasteiger partial charge in [0.1, 0.15) is 22.8 Å². The molecular weight excluding hydrogens is 274 g/mol. The molecule has 1 amide bonds. The molecule has 0 aliphatic carbocycles. The molecule has 0 spiro atoms. The molecule has 0 saturated carbocycles. The Hall–Kier alpha value is -2.57. The van der Waals surface area contributed by atoms with Crippen LogP contribution in [-0.2, 0) is 6.54 Å². The van der Waals surface area contributed by atoms with E-state index >= 15 is 0 Å². The number of hydrogen-bond acceptors (Lipinski definition) is 4. The third kappa shape index (κ3) is 3.31. The molecule has 2 rings (SSSR count). The molecule has 0 fully saturated rings. The minimum Gasteiger partial charge on any atom is -0.478 e. The average molecular weight is 291 g/mol. The summed E-state index contributed by atoms with van der Waals surface area (Å²) in [5.41, 5.74) is 0.411. The Labute approximate surface area is 121 Å². The Morgan fingerprint density at radius 1 is 1.48 bits per heavy atom. The van der Waals surface area contributed by atoms with Gasteiger partial charge in [-0.15, -0.1) is 0 Å². The molecule has 0 aromatic carbocycles. The van der Waals surface area contributed by atoms with Gasteiger partial charge < -0.3 is 14.8 Å². The SMILES string of the molecule is Cc1oc(CNC(=O)c2ccn(C(C)C)n2)cc1C(=O)O. The number of hydrogen-bond donors (Lipinski definition) is 2. The Balaban J connectivity index is 2.00. The van der Waals surface area contributed by atoms with Gasteiger partial charge in [-0.1, -0.05) is 0 Å². The van der Waals surface area contributed by atoms with Gasteiger partial charge in [0.25, 0.3) is 5.91 Å². The summed E-state index contributed by atoms with van der Waals surface area (Å²) in [6.07, 6.45) is 1.74. The Bertz CT molecular complexity index is 670. The van der Waals surface area contributed by atoms with Crippen molar-refractivity contribution < 1.29 is 19.1 Å². The van der Waals surface area contributed by atoms with Gasteiger partial charge in [-0.25, -0.2) is 4.79 Å². The topological polar surface area (TPSA) is 97.4 Å². The highest BCUT2D eigenvalue weighted by molar-refractivity contribution is 5.92. The molecule has 7 heteroatoms. The van der Waals surface area contributed by atoms with Crippen LogP contribution < -0.4 is 5.32 Å². The smallest absolute Gasteiger partial charge is 0.339 e. The van der Waals surface area contributed by atoms with E-state index in [2.05, 4.69) is 10.4 Å². The van der Waals surface area contributed by atoms with Crippen LogP contribution in [0.3, 0.4) is 0 Å². The standard InChI is InChI=1S/C14H17N3O4/c1-8(2)17-5-4-12(16-17)13(18)15-7-10-6-11(14(19)20)9(3)21-10/h4-6,8H,7H2,1-3H3,(H,15,18)(H,19,20). The van der Waals surface area contributed by atoms with Crippen molar-refractivity contribution in [2.45, 2.75) is 33.4 Å². The molecule has 2 aromatic heterocycles. The maximum absolute atomic E-state index is 11.9. The van der Waals surface area contributed by atoms with E-state index in [0.29, 0.717) is 17.2 Å². The lowest BCUT2D eigenvalue weighted by Crippen LogP contribution is -2.23. The molecule has 0 radical (unpaired) electrons. The van der Waals surface area contributed by atoms with E-state index in [9.17, 15) is 9.59 Å². The zero-order valence-electron chi connectivity index (χ0n) is 12.1. The molecule has 2 heterocycles. The van der Waals surface area contributed by atoms with Gasteiger partial charge in [0.2, 0.25) is 0 Å². The highest BCUT2D eigenvalue weighted by Crippen LogP contribution is 2.14. The van der Waals surface area contributed by atoms with Crippen LogP contribution in [-0.4, -0.2) is 26.8 Å². The second kappa shape index (κ2) is 5.82. The van der Waals surface area contributed by atoms with Crippen LogP contribution in [0.25, 0.3) is 0 Å². The maximum Gasteiger partial charge on any atom is 0.339 e. The molecular formula is C14H17N3O4. The van der Waals surface area contributed by atoms with E-state index in [1.165, 1.54) is 6.07 Å². The van der Waals surface area contributed by atoms with Crippen LogP contribution in [0.4, 0.5) is 0 Å². The van der Waals surface area contributed by atoms with Crippen molar-refractivity contribution in [2.75, 3.05) is 0 Å². The number of aryl methyl sites for hydroxylation is 1. The summed E-state index contributed by atoms with van der Waals surface area (Å²) >= 11 is 0. The Morgan fingerprint density at radius 3 is 2.71 bits per heavy atom. The fourth-order valence-corrected chi connectivity index (χ4v) is 1.85. The van der Waals surface area contributed by atoms with E-state index < -0.39 is 5.97 Å². The fraction of sp³-hybridized carbons (Fsp3) is 0.357. The minimum absolute atomic E-state index is 0.100. The summed E-state index contributed by atoms with van der Waals surface area (Å²) in [6.45, 7) is 5.61. The van der Waals surface area contributed by atoms with Crippen molar-refractivity contribution >= 4 is 11.9 Å². The number of furan rings is 1. The number of amides is 1. The van der Waals surface area contributed by atoms with Crippen LogP contribution in [0.2, 0.25) is 0 Å². The maximum atomic E-state index is 11.9. The summed E-state index contributed by atoms with van der Waals surface area (Å²) in [5.74, 6) is -0.679. The normalized spacial score (nSPS) is 10.9. The predicted molar refractivity (Wildman–Crippen MR) is 74.2 cm³/mol. The van der Waals surface area contributed by atoms with Crippen LogP contribution in [0.15, 0.2) is 22.7 Å². The van der Waals surface area contributed by atoms with Crippen molar-refractivity contribution in [3.05, 3.63) is 41.1 Å². The molecule has 0 unspecified atom stereocenters. The predicted octanol–water partition coefficient (Wildman–Crippen LogP) is 1.99. The van der Waals surface area contributed by atoms with Crippen molar-refractivity contribution in [1.29, 1.82) is 0 Å². The van der Waals surface area contributed by atoms with Gasteiger partial charge in [-0.2, -0.15) is 5.10 Å². The number of carboxylic acids is 1. The molecule has 2 N–H and O–H groups in total. The molecule has 0 aliphatic rings. The lowest BCUT2D eigenvalue weighted by Gasteiger charge is -2.04. The molecule has 0 aliphatic heterocycles. The molecule has 0 atom stereocenters. The molecule has 7 nitrogen and oxygen atoms in total. The third-order valence-corrected chi connectivity index (χ3v) is 2.99. The summed E-state index contributed by atoms with van der Waals surface area (Å²) in [4.78, 5) is 22.8. The third-order valence-electron chi connectivity index (χ3n) is 2.99. The van der Waals surface area contributed by atoms with Gasteiger partial charge in [-0.3, -0.25) is 9.48 Å². The van der Waals surface area contributed by atoms with Crippen LogP contribution >= 0.6 is 0 Å². The monoisotopic (exact) mass is 291 g/mol. The van der Waals surface area contributed by atoms with Crippen LogP contribution in [0, 0.1) is 6.92 Å². The van der Waals surface area contributed by atoms with Crippen molar-refractivity contribution in [3.63, 3.8) is 0 Å². The van der Waals surface area contributed by atoms with Crippen LogP contribution in [0.5, 0.6) is 0 Å². The van der Waals surface area contributed by atoms with E-state index in [4.69, 9.17) is 9.52 Å². The highest BCUT2D eigenvalue weighted by Gasteiger charge is 2.15. The number of nitrogens with one attached hydrogen (secondary N) is 1. The largest absolute Gasteiger partial charge is 0.478 e. The molecule has 0 bridgehead atoms. The van der Waals surface area contributed by atoms with E-state index in [1.54, 1.807) is 23.9 Å². The van der Waals surface area contributed by atoms with Gasteiger partial charge in [0, 0.05) is 12.2 Å². The number of nitrogens with zero attached hydrogens (tertiary/aromatic N) is 2. The summed E-state index contributed by atoms with van der Waals surface area (Å²) in [7, 11) is 0. The first-order chi connectivity index (χ1) is 9.88. The average Bonchev–Trinajstić information content (AvgIpc) is 3.02.